The molecule has 3 nitrogen and oxygen atoms in total. The number of hydroxylamine groups is 2. The van der Waals surface area contributed by atoms with E-state index < -0.39 is 0 Å². The topological polar surface area (TPSA) is 24.8 Å². The minimum absolute atomic E-state index is 0.259. The Morgan fingerprint density at radius 2 is 2.67 bits per heavy atom. The Morgan fingerprint density at radius 3 is 3.25 bits per heavy atom. The first-order valence-corrected chi connectivity index (χ1v) is 3.98. The van der Waals surface area contributed by atoms with Gasteiger partial charge in [0.05, 0.1) is 19.2 Å². The number of aliphatic imine (C=N–C) groups is 1. The predicted molar refractivity (Wildman–Crippen MR) is 50.2 cm³/mol. The van der Waals surface area contributed by atoms with Crippen molar-refractivity contribution in [1.29, 1.82) is 0 Å². The summed E-state index contributed by atoms with van der Waals surface area (Å²) in [6, 6.07) is 0.259. The third-order valence-corrected chi connectivity index (χ3v) is 1.68. The highest BCUT2D eigenvalue weighted by Crippen LogP contribution is 2.02. The second kappa shape index (κ2) is 4.85. The van der Waals surface area contributed by atoms with Crippen LogP contribution in [0.5, 0.6) is 0 Å². The first-order valence-electron chi connectivity index (χ1n) is 3.98. The van der Waals surface area contributed by atoms with Gasteiger partial charge in [-0.05, 0) is 6.08 Å². The second-order valence-electron chi connectivity index (χ2n) is 2.60. The van der Waals surface area contributed by atoms with Gasteiger partial charge in [0.1, 0.15) is 0 Å². The average Bonchev–Trinajstić information content (AvgIpc) is 2.15. The zero-order valence-corrected chi connectivity index (χ0v) is 7.31. The van der Waals surface area contributed by atoms with E-state index in [1.54, 1.807) is 17.4 Å². The smallest absolute Gasteiger partial charge is 0.0864 e. The summed E-state index contributed by atoms with van der Waals surface area (Å²) >= 11 is 0. The van der Waals surface area contributed by atoms with E-state index in [9.17, 15) is 0 Å². The van der Waals surface area contributed by atoms with Crippen LogP contribution in [0.2, 0.25) is 0 Å². The maximum absolute atomic E-state index is 5.32. The molecule has 1 aliphatic rings. The molecule has 0 bridgehead atoms. The molecule has 1 atom stereocenters. The van der Waals surface area contributed by atoms with Crippen LogP contribution in [0.4, 0.5) is 0 Å². The molecular formula is C9H14N2O. The highest BCUT2D eigenvalue weighted by Gasteiger charge is 2.11. The lowest BCUT2D eigenvalue weighted by atomic mass is 10.2. The Bertz CT molecular complexity index is 199. The van der Waals surface area contributed by atoms with E-state index in [4.69, 9.17) is 4.84 Å². The Hall–Kier alpha value is -0.930. The molecule has 0 amide bonds. The van der Waals surface area contributed by atoms with Gasteiger partial charge in [0, 0.05) is 13.3 Å². The quantitative estimate of drug-likeness (QED) is 0.460. The minimum atomic E-state index is 0.259. The van der Waals surface area contributed by atoms with Crippen LogP contribution in [0, 0.1) is 0 Å². The van der Waals surface area contributed by atoms with E-state index in [1.807, 2.05) is 13.1 Å². The zero-order valence-electron chi connectivity index (χ0n) is 7.31. The summed E-state index contributed by atoms with van der Waals surface area (Å²) in [5, 5.41) is 1.80. The summed E-state index contributed by atoms with van der Waals surface area (Å²) in [5.74, 6) is 0. The summed E-state index contributed by atoms with van der Waals surface area (Å²) in [6.07, 6.45) is 7.53. The van der Waals surface area contributed by atoms with Crippen molar-refractivity contribution >= 4 is 6.21 Å². The molecule has 1 aliphatic heterocycles. The molecule has 1 rings (SSSR count). The molecule has 0 saturated heterocycles. The predicted octanol–water partition coefficient (Wildman–Crippen LogP) is 1.04. The molecule has 1 heterocycles. The van der Waals surface area contributed by atoms with Gasteiger partial charge in [-0.1, -0.05) is 12.2 Å². The number of allylic oxidation sites excluding steroid dienone is 1. The zero-order chi connectivity index (χ0) is 8.81. The highest BCUT2D eigenvalue weighted by molar-refractivity contribution is 5.72. The molecule has 0 N–H and O–H groups in total. The first-order chi connectivity index (χ1) is 5.84. The van der Waals surface area contributed by atoms with Gasteiger partial charge in [0.2, 0.25) is 0 Å². The van der Waals surface area contributed by atoms with Crippen molar-refractivity contribution in [3.63, 3.8) is 0 Å². The Kier molecular flexibility index (Phi) is 3.70. The maximum Gasteiger partial charge on any atom is 0.0864 e. The summed E-state index contributed by atoms with van der Waals surface area (Å²) in [7, 11) is 1.90. The van der Waals surface area contributed by atoms with Crippen molar-refractivity contribution in [3.8, 4) is 0 Å². The Balaban J connectivity index is 2.31. The van der Waals surface area contributed by atoms with Crippen LogP contribution in [0.3, 0.4) is 0 Å². The molecule has 12 heavy (non-hydrogen) atoms. The largest absolute Gasteiger partial charge is 0.295 e. The van der Waals surface area contributed by atoms with Crippen molar-refractivity contribution in [2.45, 2.75) is 6.04 Å². The standard InChI is InChI=1S/C9H14N2O/c1-3-7-12-11(2)9-5-4-6-10-8-9/h3-6,9H,1,7-8H2,2H3. The normalized spacial score (nSPS) is 21.7. The van der Waals surface area contributed by atoms with Crippen LogP contribution in [0.25, 0.3) is 0 Å². The van der Waals surface area contributed by atoms with Crippen LogP contribution in [0.1, 0.15) is 0 Å². The Morgan fingerprint density at radius 1 is 1.83 bits per heavy atom. The molecule has 0 fully saturated rings. The fourth-order valence-electron chi connectivity index (χ4n) is 0.971. The summed E-state index contributed by atoms with van der Waals surface area (Å²) in [4.78, 5) is 9.45. The van der Waals surface area contributed by atoms with Gasteiger partial charge in [0.25, 0.3) is 0 Å². The summed E-state index contributed by atoms with van der Waals surface area (Å²) in [6.45, 7) is 4.89. The number of hydrogen-bond acceptors (Lipinski definition) is 3. The molecule has 0 aliphatic carbocycles. The molecule has 0 spiro atoms. The lowest BCUT2D eigenvalue weighted by molar-refractivity contribution is -0.144. The van der Waals surface area contributed by atoms with Crippen molar-refractivity contribution in [2.24, 2.45) is 4.99 Å². The van der Waals surface area contributed by atoms with E-state index in [-0.39, 0.29) is 6.04 Å². The van der Waals surface area contributed by atoms with Crippen molar-refractivity contribution < 1.29 is 4.84 Å². The molecule has 0 aromatic heterocycles. The van der Waals surface area contributed by atoms with Crippen molar-refractivity contribution in [2.75, 3.05) is 20.2 Å². The molecule has 0 aromatic rings. The molecule has 66 valence electrons. The number of rotatable bonds is 4. The first kappa shape index (κ1) is 9.16. The molecular weight excluding hydrogens is 152 g/mol. The number of nitrogens with zero attached hydrogens (tertiary/aromatic N) is 2. The number of hydrogen-bond donors (Lipinski definition) is 0. The lowest BCUT2D eigenvalue weighted by Crippen LogP contribution is -2.33. The lowest BCUT2D eigenvalue weighted by Gasteiger charge is -2.23. The summed E-state index contributed by atoms with van der Waals surface area (Å²) in [5.41, 5.74) is 0. The van der Waals surface area contributed by atoms with Crippen molar-refractivity contribution in [1.82, 2.24) is 5.06 Å². The third kappa shape index (κ3) is 2.60. The maximum atomic E-state index is 5.32. The molecule has 0 aromatic carbocycles. The Labute approximate surface area is 73.0 Å². The van der Waals surface area contributed by atoms with Gasteiger partial charge in [-0.2, -0.15) is 5.06 Å². The van der Waals surface area contributed by atoms with E-state index in [0.29, 0.717) is 6.61 Å². The van der Waals surface area contributed by atoms with E-state index in [2.05, 4.69) is 17.6 Å². The molecule has 0 radical (unpaired) electrons. The average molecular weight is 166 g/mol. The summed E-state index contributed by atoms with van der Waals surface area (Å²) < 4.78 is 0. The molecule has 0 saturated carbocycles. The van der Waals surface area contributed by atoms with E-state index >= 15 is 0 Å². The van der Waals surface area contributed by atoms with Gasteiger partial charge in [0.15, 0.2) is 0 Å². The fraction of sp³-hybridized carbons (Fsp3) is 0.444. The van der Waals surface area contributed by atoms with Gasteiger partial charge in [-0.3, -0.25) is 9.83 Å². The number of likely N-dealkylation sites (N-methyl/N-ethyl adjacent to an activating group) is 1. The molecule has 3 heteroatoms. The second-order valence-corrected chi connectivity index (χ2v) is 2.60. The van der Waals surface area contributed by atoms with Gasteiger partial charge in [-0.15, -0.1) is 6.58 Å². The van der Waals surface area contributed by atoms with Crippen LogP contribution in [0.15, 0.2) is 29.8 Å². The van der Waals surface area contributed by atoms with Crippen molar-refractivity contribution in [3.05, 3.63) is 24.8 Å². The van der Waals surface area contributed by atoms with Crippen LogP contribution in [-0.4, -0.2) is 37.5 Å². The van der Waals surface area contributed by atoms with Crippen LogP contribution >= 0.6 is 0 Å². The van der Waals surface area contributed by atoms with Gasteiger partial charge in [-0.25, -0.2) is 0 Å². The van der Waals surface area contributed by atoms with Crippen LogP contribution < -0.4 is 0 Å². The van der Waals surface area contributed by atoms with E-state index in [1.165, 1.54) is 0 Å². The number of dihydropyridines is 1. The highest BCUT2D eigenvalue weighted by atomic mass is 16.7. The third-order valence-electron chi connectivity index (χ3n) is 1.68. The van der Waals surface area contributed by atoms with Gasteiger partial charge < -0.3 is 0 Å². The minimum Gasteiger partial charge on any atom is -0.295 e. The monoisotopic (exact) mass is 166 g/mol. The van der Waals surface area contributed by atoms with Gasteiger partial charge >= 0.3 is 0 Å². The molecule has 1 unspecified atom stereocenters. The fourth-order valence-corrected chi connectivity index (χ4v) is 0.971. The SMILES string of the molecule is C=CCON(C)C1C=CC=NC1. The van der Waals surface area contributed by atoms with Crippen LogP contribution in [-0.2, 0) is 4.84 Å². The van der Waals surface area contributed by atoms with E-state index in [0.717, 1.165) is 6.54 Å².